The van der Waals surface area contributed by atoms with Crippen LogP contribution in [0.25, 0.3) is 0 Å². The lowest BCUT2D eigenvalue weighted by molar-refractivity contribution is -0.138. The number of rotatable bonds is 4. The third kappa shape index (κ3) is 5.46. The number of aromatic nitrogens is 2. The number of nitrogens with zero attached hydrogens (tertiary/aromatic N) is 4. The van der Waals surface area contributed by atoms with Crippen LogP contribution in [0.3, 0.4) is 0 Å². The van der Waals surface area contributed by atoms with E-state index in [0.29, 0.717) is 30.1 Å². The number of nitrogens with one attached hydrogen (secondary N) is 1. The second-order valence-corrected chi connectivity index (χ2v) is 8.11. The summed E-state index contributed by atoms with van der Waals surface area (Å²) in [5.41, 5.74) is 4.24. The summed E-state index contributed by atoms with van der Waals surface area (Å²) in [6.45, 7) is 0.248. The maximum Gasteiger partial charge on any atom is 0.417 e. The molecule has 190 valence electrons. The summed E-state index contributed by atoms with van der Waals surface area (Å²) in [4.78, 5) is 31.7. The van der Waals surface area contributed by atoms with Crippen molar-refractivity contribution in [1.82, 2.24) is 14.5 Å². The Morgan fingerprint density at radius 2 is 2.06 bits per heavy atom. The number of aryl methyl sites for hydroxylation is 1. The van der Waals surface area contributed by atoms with Gasteiger partial charge < -0.3 is 30.2 Å². The summed E-state index contributed by atoms with van der Waals surface area (Å²) < 4.78 is 60.1. The quantitative estimate of drug-likeness (QED) is 0.320. The number of pyridine rings is 2. The molecule has 0 radical (unpaired) electrons. The summed E-state index contributed by atoms with van der Waals surface area (Å²) in [5.74, 6) is 0.206. The van der Waals surface area contributed by atoms with Gasteiger partial charge in [0.2, 0.25) is 0 Å². The lowest BCUT2D eigenvalue weighted by atomic mass is 10.0. The van der Waals surface area contributed by atoms with Gasteiger partial charge in [-0.15, -0.1) is 0 Å². The third-order valence-electron chi connectivity index (χ3n) is 5.83. The first kappa shape index (κ1) is 25.8. The average Bonchev–Trinajstić information content (AvgIpc) is 2.80. The van der Waals surface area contributed by atoms with Crippen molar-refractivity contribution in [3.8, 4) is 0 Å². The van der Waals surface area contributed by atoms with Crippen LogP contribution in [0.4, 0.5) is 39.5 Å². The second kappa shape index (κ2) is 9.80. The zero-order valence-electron chi connectivity index (χ0n) is 19.3. The van der Waals surface area contributed by atoms with Gasteiger partial charge in [-0.1, -0.05) is 0 Å². The number of nitrogens with two attached hydrogens (primary N) is 2. The lowest BCUT2D eigenvalue weighted by Gasteiger charge is -2.40. The highest BCUT2D eigenvalue weighted by atomic mass is 19.4. The molecule has 2 aromatic rings. The SMILES string of the molecule is COC(=[NH2+])c1cc(N2CCC(N(C)C(=O)Nc3cc(C(F)(F)F)cn(C)c3=O)[C@H](F)C2)cnc1N. The number of carbonyl (C=O) groups excluding carboxylic acids is 1. The molecule has 1 aliphatic heterocycles. The van der Waals surface area contributed by atoms with Gasteiger partial charge in [0.1, 0.15) is 23.2 Å². The van der Waals surface area contributed by atoms with Crippen molar-refractivity contribution in [3.05, 3.63) is 46.0 Å². The van der Waals surface area contributed by atoms with E-state index in [1.807, 2.05) is 0 Å². The standard InChI is InChI=1S/C21H25F4N7O3/c1-30-9-11(21(23,24)25)6-15(19(30)33)29-20(34)31(2)16-4-5-32(10-14(16)22)12-7-13(18(27)35-3)17(26)28-8-12/h6-9,14,16,27H,4-5,10H2,1-3H3,(H2,26,28)(H,29,34)/p+1/t14-,16?/m1/s1. The molecule has 1 aliphatic rings. The molecule has 5 N–H and O–H groups in total. The van der Waals surface area contributed by atoms with Crippen molar-refractivity contribution in [2.45, 2.75) is 24.8 Å². The summed E-state index contributed by atoms with van der Waals surface area (Å²) in [6, 6.07) is 0.394. The maximum absolute atomic E-state index is 15.1. The predicted molar refractivity (Wildman–Crippen MR) is 121 cm³/mol. The highest BCUT2D eigenvalue weighted by molar-refractivity contribution is 5.95. The molecule has 2 amide bonds. The highest BCUT2D eigenvalue weighted by Gasteiger charge is 2.36. The number of amides is 2. The molecular weight excluding hydrogens is 474 g/mol. The van der Waals surface area contributed by atoms with Crippen molar-refractivity contribution in [2.75, 3.05) is 43.2 Å². The number of nitrogen functional groups attached to an aromatic ring is 1. The molecule has 3 heterocycles. The van der Waals surface area contributed by atoms with E-state index in [-0.39, 0.29) is 24.7 Å². The van der Waals surface area contributed by atoms with E-state index in [0.717, 1.165) is 16.5 Å². The summed E-state index contributed by atoms with van der Waals surface area (Å²) >= 11 is 0. The van der Waals surface area contributed by atoms with E-state index < -0.39 is 41.2 Å². The van der Waals surface area contributed by atoms with E-state index in [1.54, 1.807) is 11.0 Å². The Hall–Kier alpha value is -3.84. The van der Waals surface area contributed by atoms with E-state index in [4.69, 9.17) is 15.9 Å². The van der Waals surface area contributed by atoms with Gasteiger partial charge in [-0.3, -0.25) is 4.79 Å². The van der Waals surface area contributed by atoms with Crippen LogP contribution in [0.1, 0.15) is 17.5 Å². The number of methoxy groups -OCH3 is 1. The molecular formula is C21H26F4N7O3+. The topological polar surface area (TPSA) is 131 Å². The molecule has 1 saturated heterocycles. The number of halogens is 4. The van der Waals surface area contributed by atoms with Crippen LogP contribution < -0.4 is 26.9 Å². The predicted octanol–water partition coefficient (Wildman–Crippen LogP) is 0.614. The summed E-state index contributed by atoms with van der Waals surface area (Å²) in [7, 11) is 3.83. The molecule has 1 fully saturated rings. The molecule has 0 saturated carbocycles. The van der Waals surface area contributed by atoms with Gasteiger partial charge in [0.05, 0.1) is 37.1 Å². The fourth-order valence-electron chi connectivity index (χ4n) is 3.82. The molecule has 2 aromatic heterocycles. The molecule has 3 rings (SSSR count). The minimum Gasteiger partial charge on any atom is -0.448 e. The number of alkyl halides is 4. The van der Waals surface area contributed by atoms with Crippen molar-refractivity contribution in [1.29, 1.82) is 0 Å². The van der Waals surface area contributed by atoms with Crippen LogP contribution in [0, 0.1) is 0 Å². The van der Waals surface area contributed by atoms with Crippen LogP contribution in [0.5, 0.6) is 0 Å². The van der Waals surface area contributed by atoms with Crippen molar-refractivity contribution < 1.29 is 32.5 Å². The number of piperidine rings is 1. The van der Waals surface area contributed by atoms with E-state index in [9.17, 15) is 22.8 Å². The van der Waals surface area contributed by atoms with Gasteiger partial charge in [0, 0.05) is 26.8 Å². The lowest BCUT2D eigenvalue weighted by Crippen LogP contribution is -2.54. The number of ether oxygens (including phenoxy) is 1. The van der Waals surface area contributed by atoms with Crippen molar-refractivity contribution in [3.63, 3.8) is 0 Å². The Morgan fingerprint density at radius 3 is 2.66 bits per heavy atom. The van der Waals surface area contributed by atoms with E-state index >= 15 is 4.39 Å². The zero-order chi connectivity index (χ0) is 26.1. The Bertz CT molecular complexity index is 1180. The van der Waals surface area contributed by atoms with Gasteiger partial charge in [-0.2, -0.15) is 13.2 Å². The van der Waals surface area contributed by atoms with Gasteiger partial charge in [0.25, 0.3) is 5.56 Å². The molecule has 0 bridgehead atoms. The van der Waals surface area contributed by atoms with Gasteiger partial charge in [0.15, 0.2) is 0 Å². The molecule has 14 heteroatoms. The van der Waals surface area contributed by atoms with Crippen LogP contribution in [-0.2, 0) is 18.0 Å². The molecule has 0 aliphatic carbocycles. The first-order valence-corrected chi connectivity index (χ1v) is 10.5. The van der Waals surface area contributed by atoms with Gasteiger partial charge in [-0.25, -0.2) is 19.6 Å². The second-order valence-electron chi connectivity index (χ2n) is 8.11. The Kier molecular flexibility index (Phi) is 7.22. The number of urea groups is 1. The molecule has 0 aromatic carbocycles. The minimum atomic E-state index is -4.71. The third-order valence-corrected chi connectivity index (χ3v) is 5.83. The first-order chi connectivity index (χ1) is 16.3. The smallest absolute Gasteiger partial charge is 0.417 e. The normalized spacial score (nSPS) is 18.2. The number of hydrogen-bond donors (Lipinski definition) is 3. The number of hydrogen-bond acceptors (Lipinski definition) is 6. The summed E-state index contributed by atoms with van der Waals surface area (Å²) in [5, 5.41) is 7.95. The molecule has 1 unspecified atom stereocenters. The average molecular weight is 500 g/mol. The Labute approximate surface area is 197 Å². The van der Waals surface area contributed by atoms with E-state index in [1.165, 1.54) is 20.4 Å². The highest BCUT2D eigenvalue weighted by Crippen LogP contribution is 2.30. The van der Waals surface area contributed by atoms with E-state index in [2.05, 4.69) is 10.3 Å². The fourth-order valence-corrected chi connectivity index (χ4v) is 3.82. The van der Waals surface area contributed by atoms with Crippen LogP contribution in [-0.4, -0.2) is 65.8 Å². The molecule has 35 heavy (non-hydrogen) atoms. The largest absolute Gasteiger partial charge is 0.448 e. The Balaban J connectivity index is 1.72. The Morgan fingerprint density at radius 1 is 1.37 bits per heavy atom. The maximum atomic E-state index is 15.1. The van der Waals surface area contributed by atoms with Crippen LogP contribution in [0.15, 0.2) is 29.3 Å². The first-order valence-electron chi connectivity index (χ1n) is 10.5. The molecule has 10 nitrogen and oxygen atoms in total. The van der Waals surface area contributed by atoms with Crippen molar-refractivity contribution >= 4 is 29.1 Å². The molecule has 2 atom stereocenters. The zero-order valence-corrected chi connectivity index (χ0v) is 19.3. The monoisotopic (exact) mass is 500 g/mol. The van der Waals surface area contributed by atoms with Crippen LogP contribution in [0.2, 0.25) is 0 Å². The summed E-state index contributed by atoms with van der Waals surface area (Å²) in [6.07, 6.45) is -3.92. The van der Waals surface area contributed by atoms with Gasteiger partial charge >= 0.3 is 18.1 Å². The molecule has 0 spiro atoms. The minimum absolute atomic E-state index is 0.0562. The van der Waals surface area contributed by atoms with Crippen molar-refractivity contribution in [2.24, 2.45) is 7.05 Å². The van der Waals surface area contributed by atoms with Crippen LogP contribution >= 0.6 is 0 Å². The van der Waals surface area contributed by atoms with Gasteiger partial charge in [-0.05, 0) is 18.6 Å². The number of anilines is 3. The number of carbonyl (C=O) groups is 1. The fraction of sp³-hybridized carbons (Fsp3) is 0.429.